The molecule has 4 heteroatoms. The van der Waals surface area contributed by atoms with Gasteiger partial charge in [0, 0.05) is 50.2 Å². The van der Waals surface area contributed by atoms with Crippen LogP contribution in [0.4, 0.5) is 28.4 Å². The van der Waals surface area contributed by atoms with Crippen LogP contribution in [-0.2, 0) is 21.7 Å². The maximum Gasteiger partial charge on any atom is 0.333 e. The van der Waals surface area contributed by atoms with Crippen molar-refractivity contribution in [1.82, 2.24) is 0 Å². The highest BCUT2D eigenvalue weighted by atomic mass is 16.3. The molecule has 302 valence electrons. The van der Waals surface area contributed by atoms with E-state index in [1.807, 2.05) is 0 Å². The van der Waals surface area contributed by atoms with Crippen LogP contribution in [0.15, 0.2) is 138 Å². The minimum Gasteiger partial charge on any atom is -0.456 e. The van der Waals surface area contributed by atoms with E-state index in [-0.39, 0.29) is 28.5 Å². The Morgan fingerprint density at radius 3 is 1.79 bits per heavy atom. The number of para-hydroxylation sites is 1. The number of nitrogens with zero attached hydrogens (tertiary/aromatic N) is 2. The van der Waals surface area contributed by atoms with Crippen molar-refractivity contribution in [1.29, 1.82) is 0 Å². The largest absolute Gasteiger partial charge is 0.456 e. The van der Waals surface area contributed by atoms with E-state index in [2.05, 4.69) is 219 Å². The van der Waals surface area contributed by atoms with E-state index >= 15 is 0 Å². The van der Waals surface area contributed by atoms with Gasteiger partial charge in [-0.05, 0) is 126 Å². The molecular weight excluding hydrogens is 739 g/mol. The molecule has 7 aromatic carbocycles. The first-order valence-electron chi connectivity index (χ1n) is 22.1. The van der Waals surface area contributed by atoms with Crippen LogP contribution in [0.25, 0.3) is 44.2 Å². The molecule has 0 saturated heterocycles. The Morgan fingerprint density at radius 2 is 1.11 bits per heavy atom. The van der Waals surface area contributed by atoms with Gasteiger partial charge in [-0.15, -0.1) is 0 Å². The van der Waals surface area contributed by atoms with Crippen LogP contribution in [0, 0.1) is 0 Å². The summed E-state index contributed by atoms with van der Waals surface area (Å²) in [5, 5.41) is 2.32. The molecule has 1 aromatic heterocycles. The Hall–Kier alpha value is -6.00. The van der Waals surface area contributed by atoms with Crippen molar-refractivity contribution >= 4 is 68.1 Å². The first-order valence-corrected chi connectivity index (χ1v) is 22.1. The number of fused-ring (bicyclic) bond motifs is 12. The predicted molar refractivity (Wildman–Crippen MR) is 261 cm³/mol. The van der Waals surface area contributed by atoms with Gasteiger partial charge in [0.05, 0.1) is 0 Å². The second-order valence-electron chi connectivity index (χ2n) is 21.4. The van der Waals surface area contributed by atoms with Gasteiger partial charge in [-0.25, -0.2) is 0 Å². The molecule has 0 N–H and O–H groups in total. The van der Waals surface area contributed by atoms with Crippen molar-refractivity contribution in [3.8, 4) is 22.3 Å². The number of hydrogen-bond donors (Lipinski definition) is 0. The lowest BCUT2D eigenvalue weighted by atomic mass is 9.42. The third kappa shape index (κ3) is 5.43. The molecule has 3 aliphatic rings. The van der Waals surface area contributed by atoms with Crippen molar-refractivity contribution in [2.24, 2.45) is 0 Å². The van der Waals surface area contributed by atoms with Gasteiger partial charge in [-0.2, -0.15) is 0 Å². The van der Waals surface area contributed by atoms with Crippen LogP contribution in [0.5, 0.6) is 0 Å². The average molecular weight is 795 g/mol. The zero-order valence-electron chi connectivity index (χ0n) is 37.6. The summed E-state index contributed by atoms with van der Waals surface area (Å²) in [4.78, 5) is 5.30. The summed E-state index contributed by atoms with van der Waals surface area (Å²) in [6.07, 6.45) is 0. The Labute approximate surface area is 362 Å². The van der Waals surface area contributed by atoms with Gasteiger partial charge >= 0.3 is 6.85 Å². The summed E-state index contributed by atoms with van der Waals surface area (Å²) < 4.78 is 6.72. The molecule has 0 bridgehead atoms. The van der Waals surface area contributed by atoms with E-state index in [1.54, 1.807) is 0 Å². The summed E-state index contributed by atoms with van der Waals surface area (Å²) in [5.41, 5.74) is 22.2. The summed E-state index contributed by atoms with van der Waals surface area (Å²) in [6.45, 7) is 25.6. The molecule has 3 nitrogen and oxygen atoms in total. The van der Waals surface area contributed by atoms with E-state index in [0.29, 0.717) is 0 Å². The monoisotopic (exact) mass is 794 g/mol. The number of benzene rings is 7. The lowest BCUT2D eigenvalue weighted by Crippen LogP contribution is -2.62. The normalized spacial score (nSPS) is 15.2. The van der Waals surface area contributed by atoms with Gasteiger partial charge in [-0.3, -0.25) is 0 Å². The van der Waals surface area contributed by atoms with Gasteiger partial charge in [0.25, 0.3) is 0 Å². The van der Waals surface area contributed by atoms with Crippen LogP contribution in [0.3, 0.4) is 0 Å². The Balaban J connectivity index is 1.34. The highest BCUT2D eigenvalue weighted by molar-refractivity contribution is 6.94. The molecule has 1 aliphatic carbocycles. The lowest BCUT2D eigenvalue weighted by Gasteiger charge is -2.48. The van der Waals surface area contributed by atoms with Crippen LogP contribution in [0.2, 0.25) is 0 Å². The van der Waals surface area contributed by atoms with Gasteiger partial charge in [0.2, 0.25) is 0 Å². The standard InChI is InChI=1S/C57H55BN2O/c1-54(2,3)34-20-25-37(26-21-34)59-45-29-24-36(56(7,8)9)32-44(45)58-52-42(33-41-39-16-12-14-18-43(39)57(10,11)51(41)53(52)59)49-46(60(58)38-27-22-35(23-28-38)55(4,5)6)30-31-48-50(49)40-17-13-15-19-47(40)61-48/h12-33H,1-11H3. The summed E-state index contributed by atoms with van der Waals surface area (Å²) in [6, 6.07) is 51.0. The van der Waals surface area contributed by atoms with Crippen molar-refractivity contribution < 1.29 is 4.42 Å². The maximum absolute atomic E-state index is 6.72. The van der Waals surface area contributed by atoms with Crippen molar-refractivity contribution in [2.75, 3.05) is 9.71 Å². The zero-order chi connectivity index (χ0) is 42.5. The van der Waals surface area contributed by atoms with Gasteiger partial charge < -0.3 is 14.1 Å². The molecule has 0 unspecified atom stereocenters. The predicted octanol–water partition coefficient (Wildman–Crippen LogP) is 14.5. The van der Waals surface area contributed by atoms with E-state index in [1.165, 1.54) is 94.8 Å². The highest BCUT2D eigenvalue weighted by Gasteiger charge is 2.51. The molecule has 0 spiro atoms. The molecule has 11 rings (SSSR count). The second kappa shape index (κ2) is 12.5. The fourth-order valence-corrected chi connectivity index (χ4v) is 10.8. The molecule has 0 saturated carbocycles. The smallest absolute Gasteiger partial charge is 0.333 e. The first kappa shape index (κ1) is 38.0. The number of rotatable bonds is 2. The SMILES string of the molecule is CC(C)(C)c1ccc(N2B3c4cc(C(C)(C)C)ccc4N(c4ccc(C(C)(C)C)cc4)c4c3c(cc3c4C(C)(C)c4ccccc4-3)-c3c2ccc2oc4ccccc4c32)cc1. The fraction of sp³-hybridized carbons (Fsp3) is 0.263. The van der Waals surface area contributed by atoms with E-state index in [0.717, 1.165) is 16.6 Å². The van der Waals surface area contributed by atoms with E-state index in [4.69, 9.17) is 4.42 Å². The second-order valence-corrected chi connectivity index (χ2v) is 21.4. The minimum absolute atomic E-state index is 0.0310. The van der Waals surface area contributed by atoms with Gasteiger partial charge in [0.15, 0.2) is 0 Å². The summed E-state index contributed by atoms with van der Waals surface area (Å²) in [7, 11) is 0. The number of anilines is 5. The van der Waals surface area contributed by atoms with Gasteiger partial charge in [0.1, 0.15) is 11.2 Å². The molecule has 0 fully saturated rings. The lowest BCUT2D eigenvalue weighted by molar-refractivity contribution is 0.590. The minimum atomic E-state index is -0.263. The average Bonchev–Trinajstić information content (AvgIpc) is 3.71. The highest BCUT2D eigenvalue weighted by Crippen LogP contribution is 2.59. The molecule has 0 radical (unpaired) electrons. The summed E-state index contributed by atoms with van der Waals surface area (Å²) in [5.74, 6) is 0. The molecule has 8 aromatic rings. The van der Waals surface area contributed by atoms with Crippen LogP contribution >= 0.6 is 0 Å². The van der Waals surface area contributed by atoms with E-state index in [9.17, 15) is 0 Å². The summed E-state index contributed by atoms with van der Waals surface area (Å²) >= 11 is 0. The van der Waals surface area contributed by atoms with Crippen LogP contribution in [0.1, 0.15) is 104 Å². The topological polar surface area (TPSA) is 19.6 Å². The molecule has 3 heterocycles. The molecule has 2 aliphatic heterocycles. The zero-order valence-corrected chi connectivity index (χ0v) is 37.6. The van der Waals surface area contributed by atoms with E-state index < -0.39 is 0 Å². The van der Waals surface area contributed by atoms with Crippen LogP contribution < -0.4 is 20.6 Å². The third-order valence-corrected chi connectivity index (χ3v) is 14.1. The maximum atomic E-state index is 6.72. The number of furan rings is 1. The Morgan fingerprint density at radius 1 is 0.525 bits per heavy atom. The number of hydrogen-bond acceptors (Lipinski definition) is 3. The van der Waals surface area contributed by atoms with Crippen molar-refractivity contribution in [3.63, 3.8) is 0 Å². The van der Waals surface area contributed by atoms with Crippen molar-refractivity contribution in [3.05, 3.63) is 161 Å². The Kier molecular flexibility index (Phi) is 7.80. The first-order chi connectivity index (χ1) is 28.9. The Bertz CT molecular complexity index is 3110. The third-order valence-electron chi connectivity index (χ3n) is 14.1. The quantitative estimate of drug-likeness (QED) is 0.163. The van der Waals surface area contributed by atoms with Gasteiger partial charge in [-0.1, -0.05) is 155 Å². The molecule has 0 atom stereocenters. The van der Waals surface area contributed by atoms with Crippen LogP contribution in [-0.4, -0.2) is 6.85 Å². The molecule has 61 heavy (non-hydrogen) atoms. The molecular formula is C57H55BN2O. The fourth-order valence-electron chi connectivity index (χ4n) is 10.8. The molecule has 0 amide bonds. The van der Waals surface area contributed by atoms with Crippen molar-refractivity contribution in [2.45, 2.75) is 97.8 Å².